The molecule has 0 atom stereocenters. The first-order valence-corrected chi connectivity index (χ1v) is 7.89. The highest BCUT2D eigenvalue weighted by Gasteiger charge is 2.02. The van der Waals surface area contributed by atoms with E-state index in [0.29, 0.717) is 38.4 Å². The molecule has 0 aromatic carbocycles. The van der Waals surface area contributed by atoms with Crippen molar-refractivity contribution >= 4 is 23.8 Å². The third kappa shape index (κ3) is 9.38. The summed E-state index contributed by atoms with van der Waals surface area (Å²) in [6.45, 7) is 3.09. The third-order valence-electron chi connectivity index (χ3n) is 3.02. The Hall–Kier alpha value is -2.65. The van der Waals surface area contributed by atoms with E-state index in [2.05, 4.69) is 30.9 Å². The smallest absolute Gasteiger partial charge is 0.350 e. The van der Waals surface area contributed by atoms with Gasteiger partial charge in [0.05, 0.1) is 0 Å². The molecule has 0 saturated carbocycles. The van der Waals surface area contributed by atoms with Gasteiger partial charge >= 0.3 is 11.7 Å². The van der Waals surface area contributed by atoms with Crippen LogP contribution in [0.5, 0.6) is 0 Å². The number of anilines is 2. The van der Waals surface area contributed by atoms with Crippen LogP contribution in [-0.4, -0.2) is 51.6 Å². The monoisotopic (exact) mass is 340 g/mol. The van der Waals surface area contributed by atoms with Crippen LogP contribution < -0.4 is 21.6 Å². The number of nitrogens with zero attached hydrogens (tertiary/aromatic N) is 2. The summed E-state index contributed by atoms with van der Waals surface area (Å²) in [5.74, 6) is -0.345. The second kappa shape index (κ2) is 11.0. The second-order valence-electron chi connectivity index (χ2n) is 5.22. The summed E-state index contributed by atoms with van der Waals surface area (Å²) >= 11 is 0. The molecule has 1 heterocycles. The van der Waals surface area contributed by atoms with E-state index in [1.54, 1.807) is 0 Å². The summed E-state index contributed by atoms with van der Waals surface area (Å²) in [5, 5.41) is 17.1. The number of amides is 1. The lowest BCUT2D eigenvalue weighted by Gasteiger charge is -2.08. The molecular weight excluding hydrogens is 316 g/mol. The number of unbranched alkanes of at least 4 members (excludes halogenated alkanes) is 2. The summed E-state index contributed by atoms with van der Waals surface area (Å²) in [6, 6.07) is 0. The molecule has 0 aliphatic heterocycles. The topological polar surface area (TPSA) is 149 Å². The number of carbonyl (C=O) groups is 2. The van der Waals surface area contributed by atoms with Crippen LogP contribution >= 0.6 is 0 Å². The fourth-order valence-electron chi connectivity index (χ4n) is 1.88. The van der Waals surface area contributed by atoms with Gasteiger partial charge in [-0.2, -0.15) is 9.97 Å². The Morgan fingerprint density at radius 2 is 1.79 bits per heavy atom. The van der Waals surface area contributed by atoms with Crippen molar-refractivity contribution < 1.29 is 14.7 Å². The highest BCUT2D eigenvalue weighted by Crippen LogP contribution is 2.03. The van der Waals surface area contributed by atoms with Crippen molar-refractivity contribution in [2.24, 2.45) is 0 Å². The maximum absolute atomic E-state index is 11.5. The van der Waals surface area contributed by atoms with Crippen LogP contribution in [0.3, 0.4) is 0 Å². The first-order valence-electron chi connectivity index (χ1n) is 7.89. The molecule has 24 heavy (non-hydrogen) atoms. The Labute approximate surface area is 139 Å². The number of carboxylic acids is 1. The van der Waals surface area contributed by atoms with E-state index in [0.717, 1.165) is 12.8 Å². The molecule has 5 N–H and O–H groups in total. The van der Waals surface area contributed by atoms with Crippen LogP contribution in [0.15, 0.2) is 4.79 Å². The molecule has 10 heteroatoms. The summed E-state index contributed by atoms with van der Waals surface area (Å²) in [5.41, 5.74) is -0.511. The van der Waals surface area contributed by atoms with Crippen molar-refractivity contribution in [1.82, 2.24) is 20.3 Å². The van der Waals surface area contributed by atoms with Crippen LogP contribution in [0.4, 0.5) is 11.9 Å². The number of hydrogen-bond acceptors (Lipinski definition) is 7. The fraction of sp³-hybridized carbons (Fsp3) is 0.643. The fourth-order valence-corrected chi connectivity index (χ4v) is 1.88. The molecule has 0 radical (unpaired) electrons. The van der Waals surface area contributed by atoms with Crippen molar-refractivity contribution in [3.8, 4) is 0 Å². The van der Waals surface area contributed by atoms with Crippen molar-refractivity contribution in [3.05, 3.63) is 10.5 Å². The zero-order valence-electron chi connectivity index (χ0n) is 13.7. The van der Waals surface area contributed by atoms with E-state index in [1.807, 2.05) is 0 Å². The van der Waals surface area contributed by atoms with Gasteiger partial charge in [-0.1, -0.05) is 6.42 Å². The van der Waals surface area contributed by atoms with Gasteiger partial charge in [-0.3, -0.25) is 14.6 Å². The Balaban J connectivity index is 2.30. The number of hydrogen-bond donors (Lipinski definition) is 5. The molecule has 0 aliphatic carbocycles. The zero-order valence-corrected chi connectivity index (χ0v) is 13.7. The first-order chi connectivity index (χ1) is 11.5. The predicted molar refractivity (Wildman–Crippen MR) is 89.0 cm³/mol. The Morgan fingerprint density at radius 1 is 1.04 bits per heavy atom. The number of carboxylic acid groups (broad SMARTS) is 1. The maximum Gasteiger partial charge on any atom is 0.350 e. The minimum atomic E-state index is -0.794. The summed E-state index contributed by atoms with van der Waals surface area (Å²) in [4.78, 5) is 43.0. The zero-order chi connectivity index (χ0) is 17.8. The maximum atomic E-state index is 11.5. The molecule has 0 saturated heterocycles. The molecule has 0 unspecified atom stereocenters. The Morgan fingerprint density at radius 3 is 2.50 bits per heavy atom. The van der Waals surface area contributed by atoms with E-state index >= 15 is 0 Å². The molecule has 0 bridgehead atoms. The number of carbonyl (C=O) groups excluding carboxylic acids is 1. The first kappa shape index (κ1) is 19.4. The van der Waals surface area contributed by atoms with E-state index < -0.39 is 11.7 Å². The number of H-pyrrole nitrogens is 1. The van der Waals surface area contributed by atoms with Gasteiger partial charge in [0.25, 0.3) is 0 Å². The van der Waals surface area contributed by atoms with Gasteiger partial charge in [-0.25, -0.2) is 4.79 Å². The largest absolute Gasteiger partial charge is 0.481 e. The Kier molecular flexibility index (Phi) is 8.87. The van der Waals surface area contributed by atoms with Crippen molar-refractivity contribution in [3.63, 3.8) is 0 Å². The lowest BCUT2D eigenvalue weighted by Crippen LogP contribution is -2.24. The normalized spacial score (nSPS) is 10.2. The standard InChI is InChI=1S/C14H24N6O4/c1-10(21)15-8-5-9-17-13-18-12(19-14(24)20-13)16-7-4-2-3-6-11(22)23/h2-9H2,1H3,(H,15,21)(H,22,23)(H3,16,17,18,19,20,24). The van der Waals surface area contributed by atoms with Crippen LogP contribution in [0.2, 0.25) is 0 Å². The molecule has 134 valence electrons. The van der Waals surface area contributed by atoms with Gasteiger partial charge in [0.1, 0.15) is 0 Å². The summed E-state index contributed by atoms with van der Waals surface area (Å²) < 4.78 is 0. The van der Waals surface area contributed by atoms with E-state index in [-0.39, 0.29) is 18.3 Å². The van der Waals surface area contributed by atoms with Crippen LogP contribution in [0, 0.1) is 0 Å². The summed E-state index contributed by atoms with van der Waals surface area (Å²) in [7, 11) is 0. The minimum Gasteiger partial charge on any atom is -0.481 e. The number of nitrogens with one attached hydrogen (secondary N) is 4. The third-order valence-corrected chi connectivity index (χ3v) is 3.02. The SMILES string of the molecule is CC(=O)NCCCNc1nc(NCCCCCC(=O)O)[nH]c(=O)n1. The number of aromatic amines is 1. The molecule has 1 rings (SSSR count). The summed E-state index contributed by atoms with van der Waals surface area (Å²) in [6.07, 6.45) is 3.03. The average Bonchev–Trinajstić information content (AvgIpc) is 2.49. The van der Waals surface area contributed by atoms with Crippen molar-refractivity contribution in [2.75, 3.05) is 30.3 Å². The molecule has 1 aromatic heterocycles. The van der Waals surface area contributed by atoms with Crippen LogP contribution in [-0.2, 0) is 9.59 Å². The van der Waals surface area contributed by atoms with Crippen LogP contribution in [0.1, 0.15) is 39.0 Å². The van der Waals surface area contributed by atoms with Crippen LogP contribution in [0.25, 0.3) is 0 Å². The number of aromatic nitrogens is 3. The second-order valence-corrected chi connectivity index (χ2v) is 5.22. The highest BCUT2D eigenvalue weighted by atomic mass is 16.4. The quantitative estimate of drug-likeness (QED) is 0.338. The number of aliphatic carboxylic acids is 1. The molecule has 1 amide bonds. The molecule has 0 fully saturated rings. The van der Waals surface area contributed by atoms with E-state index in [4.69, 9.17) is 5.11 Å². The Bertz CT molecular complexity index is 589. The van der Waals surface area contributed by atoms with Gasteiger partial charge in [0.2, 0.25) is 17.8 Å². The minimum absolute atomic E-state index is 0.0859. The van der Waals surface area contributed by atoms with Gasteiger partial charge in [0.15, 0.2) is 0 Å². The van der Waals surface area contributed by atoms with Gasteiger partial charge < -0.3 is 21.1 Å². The molecule has 0 aliphatic rings. The molecule has 10 nitrogen and oxygen atoms in total. The molecule has 0 spiro atoms. The van der Waals surface area contributed by atoms with Gasteiger partial charge in [-0.15, -0.1) is 0 Å². The van der Waals surface area contributed by atoms with E-state index in [9.17, 15) is 14.4 Å². The lowest BCUT2D eigenvalue weighted by atomic mass is 10.2. The predicted octanol–water partition coefficient (Wildman–Crippen LogP) is 0.160. The number of rotatable bonds is 12. The average molecular weight is 340 g/mol. The van der Waals surface area contributed by atoms with Crippen molar-refractivity contribution in [2.45, 2.75) is 39.0 Å². The van der Waals surface area contributed by atoms with Gasteiger partial charge in [-0.05, 0) is 19.3 Å². The molecular formula is C14H24N6O4. The van der Waals surface area contributed by atoms with E-state index in [1.165, 1.54) is 6.92 Å². The lowest BCUT2D eigenvalue weighted by molar-refractivity contribution is -0.137. The van der Waals surface area contributed by atoms with Crippen molar-refractivity contribution in [1.29, 1.82) is 0 Å². The highest BCUT2D eigenvalue weighted by molar-refractivity contribution is 5.72. The molecule has 1 aromatic rings. The van der Waals surface area contributed by atoms with Gasteiger partial charge in [0, 0.05) is 33.0 Å².